The minimum Gasteiger partial charge on any atom is -0.310 e. The number of nitrogens with zero attached hydrogens (tertiary/aromatic N) is 2. The molecule has 0 radical (unpaired) electrons. The largest absolute Gasteiger partial charge is 0.310 e. The molecule has 0 bridgehead atoms. The molecule has 2 nitrogen and oxygen atoms in total. The number of para-hydroxylation sites is 2. The van der Waals surface area contributed by atoms with Gasteiger partial charge in [-0.2, -0.15) is 0 Å². The van der Waals surface area contributed by atoms with E-state index in [2.05, 4.69) is 205 Å². The molecule has 11 rings (SSSR count). The molecule has 0 amide bonds. The summed E-state index contributed by atoms with van der Waals surface area (Å²) in [6.45, 7) is 4.84. The molecule has 53 heavy (non-hydrogen) atoms. The van der Waals surface area contributed by atoms with Gasteiger partial charge >= 0.3 is 0 Å². The maximum Gasteiger partial charge on any atom is 0.0541 e. The van der Waals surface area contributed by atoms with E-state index in [1.54, 1.807) is 0 Å². The van der Waals surface area contributed by atoms with Crippen molar-refractivity contribution in [1.82, 2.24) is 4.57 Å². The van der Waals surface area contributed by atoms with Crippen LogP contribution in [-0.2, 0) is 5.41 Å². The van der Waals surface area contributed by atoms with E-state index >= 15 is 0 Å². The van der Waals surface area contributed by atoms with Gasteiger partial charge in [-0.3, -0.25) is 0 Å². The monoisotopic (exact) mass is 678 g/mol. The van der Waals surface area contributed by atoms with Crippen molar-refractivity contribution in [3.63, 3.8) is 0 Å². The summed E-state index contributed by atoms with van der Waals surface area (Å²) in [5, 5.41) is 10.3. The van der Waals surface area contributed by atoms with Crippen LogP contribution in [0.3, 0.4) is 0 Å². The molecule has 2 heteroatoms. The van der Waals surface area contributed by atoms with Gasteiger partial charge in [-0.1, -0.05) is 135 Å². The molecule has 2 atom stereocenters. The minimum absolute atomic E-state index is 0.0157. The Morgan fingerprint density at radius 2 is 0.943 bits per heavy atom. The highest BCUT2D eigenvalue weighted by Crippen LogP contribution is 2.54. The third-order valence-electron chi connectivity index (χ3n) is 12.2. The van der Waals surface area contributed by atoms with Gasteiger partial charge in [0.15, 0.2) is 0 Å². The van der Waals surface area contributed by atoms with Gasteiger partial charge in [0.05, 0.1) is 11.0 Å². The highest BCUT2D eigenvalue weighted by Gasteiger charge is 2.44. The van der Waals surface area contributed by atoms with E-state index in [0.717, 1.165) is 17.1 Å². The Bertz CT molecular complexity index is 2900. The van der Waals surface area contributed by atoms with E-state index in [1.807, 2.05) is 0 Å². The van der Waals surface area contributed by atoms with Gasteiger partial charge in [0.2, 0.25) is 0 Å². The maximum absolute atomic E-state index is 2.47. The lowest BCUT2D eigenvalue weighted by atomic mass is 9.74. The maximum atomic E-state index is 2.47. The Morgan fingerprint density at radius 1 is 0.453 bits per heavy atom. The van der Waals surface area contributed by atoms with Crippen molar-refractivity contribution in [3.8, 4) is 5.69 Å². The molecule has 2 unspecified atom stereocenters. The molecule has 0 aliphatic heterocycles. The van der Waals surface area contributed by atoms with Gasteiger partial charge in [0, 0.05) is 39.4 Å². The van der Waals surface area contributed by atoms with Crippen molar-refractivity contribution >= 4 is 71.2 Å². The molecule has 0 fully saturated rings. The number of rotatable bonds is 4. The Kier molecular flexibility index (Phi) is 6.46. The van der Waals surface area contributed by atoms with E-state index in [4.69, 9.17) is 0 Å². The summed E-state index contributed by atoms with van der Waals surface area (Å²) >= 11 is 0. The Hall–Kier alpha value is -6.38. The average Bonchev–Trinajstić information content (AvgIpc) is 3.67. The Labute approximate surface area is 309 Å². The van der Waals surface area contributed by atoms with Crippen LogP contribution in [-0.4, -0.2) is 4.57 Å². The van der Waals surface area contributed by atoms with Crippen molar-refractivity contribution in [3.05, 3.63) is 193 Å². The van der Waals surface area contributed by atoms with Crippen molar-refractivity contribution in [2.24, 2.45) is 5.92 Å². The van der Waals surface area contributed by atoms with E-state index in [9.17, 15) is 0 Å². The fraction of sp³-hybridized carbons (Fsp3) is 0.0980. The smallest absolute Gasteiger partial charge is 0.0541 e. The Balaban J connectivity index is 1.13. The zero-order chi connectivity index (χ0) is 35.3. The lowest BCUT2D eigenvalue weighted by molar-refractivity contribution is 0.394. The average molecular weight is 679 g/mol. The molecule has 2 aliphatic rings. The van der Waals surface area contributed by atoms with E-state index in [0.29, 0.717) is 11.8 Å². The molecule has 0 saturated carbocycles. The second-order valence-electron chi connectivity index (χ2n) is 15.4. The number of aromatic nitrogens is 1. The quantitative estimate of drug-likeness (QED) is 0.168. The first-order valence-electron chi connectivity index (χ1n) is 18.8. The van der Waals surface area contributed by atoms with Crippen LogP contribution in [0.25, 0.3) is 59.8 Å². The predicted molar refractivity (Wildman–Crippen MR) is 226 cm³/mol. The first-order valence-corrected chi connectivity index (χ1v) is 18.8. The van der Waals surface area contributed by atoms with Gasteiger partial charge in [-0.15, -0.1) is 0 Å². The zero-order valence-corrected chi connectivity index (χ0v) is 29.9. The van der Waals surface area contributed by atoms with Crippen LogP contribution in [0.15, 0.2) is 182 Å². The van der Waals surface area contributed by atoms with Crippen molar-refractivity contribution in [2.75, 3.05) is 4.90 Å². The van der Waals surface area contributed by atoms with Crippen LogP contribution < -0.4 is 4.90 Å². The first-order chi connectivity index (χ1) is 26.1. The summed E-state index contributed by atoms with van der Waals surface area (Å²) in [6, 6.07) is 58.6. The Morgan fingerprint density at radius 3 is 1.58 bits per heavy atom. The van der Waals surface area contributed by atoms with E-state index < -0.39 is 0 Å². The van der Waals surface area contributed by atoms with Gasteiger partial charge in [0.25, 0.3) is 0 Å². The second-order valence-corrected chi connectivity index (χ2v) is 15.4. The topological polar surface area (TPSA) is 8.17 Å². The zero-order valence-electron chi connectivity index (χ0n) is 29.9. The number of hydrogen-bond acceptors (Lipinski definition) is 1. The predicted octanol–water partition coefficient (Wildman–Crippen LogP) is 13.8. The van der Waals surface area contributed by atoms with Gasteiger partial charge in [-0.25, -0.2) is 0 Å². The summed E-state index contributed by atoms with van der Waals surface area (Å²) in [5.74, 6) is 0.871. The SMILES string of the molecule is CC1(C)c2cc(N(c3ccc(-n4c5ccccc5c5ccccc54)cc3)c3ccc4c5ccccc5c5ccccc5c4c3)ccc2C2C=CC=CC21. The lowest BCUT2D eigenvalue weighted by Crippen LogP contribution is -2.24. The third kappa shape index (κ3) is 4.39. The van der Waals surface area contributed by atoms with Crippen molar-refractivity contribution in [1.29, 1.82) is 0 Å². The van der Waals surface area contributed by atoms with Gasteiger partial charge in [-0.05, 0) is 115 Å². The van der Waals surface area contributed by atoms with Crippen LogP contribution in [0, 0.1) is 5.92 Å². The second kappa shape index (κ2) is 11.3. The molecule has 252 valence electrons. The number of anilines is 3. The molecule has 1 aromatic heterocycles. The van der Waals surface area contributed by atoms with Gasteiger partial charge < -0.3 is 9.47 Å². The molecule has 0 N–H and O–H groups in total. The normalized spacial score (nSPS) is 17.2. The highest BCUT2D eigenvalue weighted by atomic mass is 15.1. The molecule has 1 heterocycles. The number of hydrogen-bond donors (Lipinski definition) is 0. The molecule has 9 aromatic rings. The fourth-order valence-electron chi connectivity index (χ4n) is 9.74. The minimum atomic E-state index is 0.0157. The summed E-state index contributed by atoms with van der Waals surface area (Å²) in [5.41, 5.74) is 9.95. The number of fused-ring (bicyclic) bond motifs is 12. The fourth-order valence-corrected chi connectivity index (χ4v) is 9.74. The van der Waals surface area contributed by atoms with Crippen LogP contribution in [0.4, 0.5) is 17.1 Å². The molecular formula is C51H38N2. The lowest BCUT2D eigenvalue weighted by Gasteiger charge is -2.30. The number of benzene rings is 8. The summed E-state index contributed by atoms with van der Waals surface area (Å²) in [7, 11) is 0. The molecule has 8 aromatic carbocycles. The molecule has 2 aliphatic carbocycles. The standard InChI is InChI=1S/C51H38N2/c1-51(2)47-20-10-7-17-42(47)43-30-28-36(32-48(43)51)52(35-27-29-41-39-15-4-3-13-37(39)38-14-5-6-16-40(38)46(41)31-35)33-23-25-34(26-24-33)53-49-21-11-8-18-44(49)45-19-9-12-22-50(45)53/h3-32,42,47H,1-2H3. The van der Waals surface area contributed by atoms with Crippen LogP contribution in [0.5, 0.6) is 0 Å². The molecular weight excluding hydrogens is 641 g/mol. The number of allylic oxidation sites excluding steroid dienone is 4. The highest BCUT2D eigenvalue weighted by molar-refractivity contribution is 6.25. The van der Waals surface area contributed by atoms with Crippen molar-refractivity contribution < 1.29 is 0 Å². The molecule has 0 saturated heterocycles. The van der Waals surface area contributed by atoms with Crippen molar-refractivity contribution in [2.45, 2.75) is 25.2 Å². The van der Waals surface area contributed by atoms with E-state index in [1.165, 1.54) is 70.9 Å². The van der Waals surface area contributed by atoms with E-state index in [-0.39, 0.29) is 5.41 Å². The first kappa shape index (κ1) is 30.3. The summed E-state index contributed by atoms with van der Waals surface area (Å²) < 4.78 is 2.40. The summed E-state index contributed by atoms with van der Waals surface area (Å²) in [6.07, 6.45) is 9.24. The van der Waals surface area contributed by atoms with Crippen LogP contribution in [0.1, 0.15) is 30.9 Å². The van der Waals surface area contributed by atoms with Crippen LogP contribution in [0.2, 0.25) is 0 Å². The van der Waals surface area contributed by atoms with Gasteiger partial charge in [0.1, 0.15) is 0 Å². The molecule has 0 spiro atoms. The third-order valence-corrected chi connectivity index (χ3v) is 12.2. The van der Waals surface area contributed by atoms with Crippen LogP contribution >= 0.6 is 0 Å². The summed E-state index contributed by atoms with van der Waals surface area (Å²) in [4.78, 5) is 2.46.